The minimum absolute atomic E-state index is 0.0897. The van der Waals surface area contributed by atoms with Crippen molar-refractivity contribution in [3.05, 3.63) is 35.9 Å². The van der Waals surface area contributed by atoms with Gasteiger partial charge in [-0.05, 0) is 31.7 Å². The SMILES string of the molecule is C[C@H]1CCCCN1C(=O)[C@@H]1CC(c2ccccc2)=NO1. The molecule has 4 heteroatoms. The zero-order chi connectivity index (χ0) is 13.9. The van der Waals surface area contributed by atoms with E-state index < -0.39 is 6.10 Å². The van der Waals surface area contributed by atoms with E-state index in [0.29, 0.717) is 12.5 Å². The Balaban J connectivity index is 1.65. The van der Waals surface area contributed by atoms with Crippen molar-refractivity contribution in [2.75, 3.05) is 6.54 Å². The molecule has 1 amide bonds. The molecule has 2 heterocycles. The highest BCUT2D eigenvalue weighted by Crippen LogP contribution is 2.23. The first-order valence-electron chi connectivity index (χ1n) is 7.34. The van der Waals surface area contributed by atoms with Crippen LogP contribution in [-0.2, 0) is 9.63 Å². The van der Waals surface area contributed by atoms with Gasteiger partial charge in [0.25, 0.3) is 5.91 Å². The first-order chi connectivity index (χ1) is 9.75. The Morgan fingerprint density at radius 2 is 2.10 bits per heavy atom. The van der Waals surface area contributed by atoms with Gasteiger partial charge in [0.15, 0.2) is 0 Å². The molecule has 1 aromatic carbocycles. The van der Waals surface area contributed by atoms with E-state index in [1.807, 2.05) is 35.2 Å². The van der Waals surface area contributed by atoms with Gasteiger partial charge >= 0.3 is 0 Å². The first-order valence-corrected chi connectivity index (χ1v) is 7.34. The lowest BCUT2D eigenvalue weighted by molar-refractivity contribution is -0.145. The lowest BCUT2D eigenvalue weighted by atomic mass is 10.0. The number of piperidine rings is 1. The minimum Gasteiger partial charge on any atom is -0.382 e. The normalized spacial score (nSPS) is 26.1. The summed E-state index contributed by atoms with van der Waals surface area (Å²) in [5.74, 6) is 0.0897. The third-order valence-electron chi connectivity index (χ3n) is 4.14. The minimum atomic E-state index is -0.439. The smallest absolute Gasteiger partial charge is 0.267 e. The molecule has 0 aromatic heterocycles. The summed E-state index contributed by atoms with van der Waals surface area (Å²) in [5.41, 5.74) is 1.91. The number of carbonyl (C=O) groups is 1. The molecule has 2 aliphatic rings. The maximum Gasteiger partial charge on any atom is 0.267 e. The van der Waals surface area contributed by atoms with Crippen LogP contribution < -0.4 is 0 Å². The Morgan fingerprint density at radius 1 is 1.30 bits per heavy atom. The Kier molecular flexibility index (Phi) is 3.72. The lowest BCUT2D eigenvalue weighted by Crippen LogP contribution is -2.47. The number of oxime groups is 1. The average molecular weight is 272 g/mol. The molecule has 106 valence electrons. The van der Waals surface area contributed by atoms with Gasteiger partial charge in [-0.1, -0.05) is 35.5 Å². The third kappa shape index (κ3) is 2.55. The van der Waals surface area contributed by atoms with Crippen LogP contribution in [0.3, 0.4) is 0 Å². The number of nitrogens with zero attached hydrogens (tertiary/aromatic N) is 2. The highest BCUT2D eigenvalue weighted by Gasteiger charge is 2.34. The number of amides is 1. The summed E-state index contributed by atoms with van der Waals surface area (Å²) < 4.78 is 0. The zero-order valence-corrected chi connectivity index (χ0v) is 11.8. The van der Waals surface area contributed by atoms with Crippen LogP contribution in [0.4, 0.5) is 0 Å². The van der Waals surface area contributed by atoms with E-state index >= 15 is 0 Å². The fourth-order valence-corrected chi connectivity index (χ4v) is 2.92. The Bertz CT molecular complexity index is 512. The third-order valence-corrected chi connectivity index (χ3v) is 4.14. The van der Waals surface area contributed by atoms with E-state index in [2.05, 4.69) is 12.1 Å². The summed E-state index contributed by atoms with van der Waals surface area (Å²) in [6.45, 7) is 2.96. The van der Waals surface area contributed by atoms with E-state index in [9.17, 15) is 4.79 Å². The molecule has 0 radical (unpaired) electrons. The van der Waals surface area contributed by atoms with Gasteiger partial charge in [0, 0.05) is 19.0 Å². The van der Waals surface area contributed by atoms with Crippen LogP contribution in [0.15, 0.2) is 35.5 Å². The number of hydrogen-bond donors (Lipinski definition) is 0. The van der Waals surface area contributed by atoms with E-state index in [1.54, 1.807) is 0 Å². The molecule has 1 fully saturated rings. The van der Waals surface area contributed by atoms with Gasteiger partial charge in [-0.15, -0.1) is 0 Å². The first kappa shape index (κ1) is 13.2. The molecule has 20 heavy (non-hydrogen) atoms. The van der Waals surface area contributed by atoms with Crippen molar-refractivity contribution < 1.29 is 9.63 Å². The van der Waals surface area contributed by atoms with E-state index in [0.717, 1.165) is 30.7 Å². The second-order valence-electron chi connectivity index (χ2n) is 5.58. The second kappa shape index (κ2) is 5.65. The van der Waals surface area contributed by atoms with Crippen LogP contribution in [0.1, 0.15) is 38.2 Å². The largest absolute Gasteiger partial charge is 0.382 e. The maximum absolute atomic E-state index is 12.5. The maximum atomic E-state index is 12.5. The van der Waals surface area contributed by atoms with Gasteiger partial charge in [-0.25, -0.2) is 0 Å². The molecule has 2 aliphatic heterocycles. The molecule has 0 N–H and O–H groups in total. The molecule has 2 atom stereocenters. The molecular weight excluding hydrogens is 252 g/mol. The molecule has 0 bridgehead atoms. The topological polar surface area (TPSA) is 41.9 Å². The fourth-order valence-electron chi connectivity index (χ4n) is 2.92. The van der Waals surface area contributed by atoms with Crippen molar-refractivity contribution >= 4 is 11.6 Å². The molecular formula is C16H20N2O2. The number of carbonyl (C=O) groups excluding carboxylic acids is 1. The van der Waals surface area contributed by atoms with Crippen molar-refractivity contribution in [2.24, 2.45) is 5.16 Å². The summed E-state index contributed by atoms with van der Waals surface area (Å²) in [4.78, 5) is 19.9. The quantitative estimate of drug-likeness (QED) is 0.830. The standard InChI is InChI=1S/C16H20N2O2/c1-12-7-5-6-10-18(12)16(19)15-11-14(17-20-15)13-8-3-2-4-9-13/h2-4,8-9,12,15H,5-7,10-11H2,1H3/t12-,15-/m0/s1. The number of rotatable bonds is 2. The summed E-state index contributed by atoms with van der Waals surface area (Å²) in [6, 6.07) is 10.2. The predicted octanol–water partition coefficient (Wildman–Crippen LogP) is 2.58. The van der Waals surface area contributed by atoms with Crippen molar-refractivity contribution in [1.29, 1.82) is 0 Å². The summed E-state index contributed by atoms with van der Waals surface area (Å²) in [6.07, 6.45) is 3.53. The highest BCUT2D eigenvalue weighted by atomic mass is 16.6. The van der Waals surface area contributed by atoms with Gasteiger partial charge in [0.2, 0.25) is 6.10 Å². The number of benzene rings is 1. The fraction of sp³-hybridized carbons (Fsp3) is 0.500. The van der Waals surface area contributed by atoms with Crippen molar-refractivity contribution in [1.82, 2.24) is 4.90 Å². The molecule has 4 nitrogen and oxygen atoms in total. The van der Waals surface area contributed by atoms with Crippen LogP contribution >= 0.6 is 0 Å². The molecule has 0 saturated carbocycles. The van der Waals surface area contributed by atoms with Gasteiger partial charge in [-0.3, -0.25) is 4.79 Å². The van der Waals surface area contributed by atoms with E-state index in [-0.39, 0.29) is 5.91 Å². The van der Waals surface area contributed by atoms with Gasteiger partial charge < -0.3 is 9.74 Å². The van der Waals surface area contributed by atoms with E-state index in [4.69, 9.17) is 4.84 Å². The molecule has 3 rings (SSSR count). The number of hydrogen-bond acceptors (Lipinski definition) is 3. The second-order valence-corrected chi connectivity index (χ2v) is 5.58. The molecule has 0 aliphatic carbocycles. The number of likely N-dealkylation sites (tertiary alicyclic amines) is 1. The van der Waals surface area contributed by atoms with Crippen molar-refractivity contribution in [3.8, 4) is 0 Å². The Labute approximate surface area is 119 Å². The van der Waals surface area contributed by atoms with Crippen LogP contribution in [0.2, 0.25) is 0 Å². The Hall–Kier alpha value is -1.84. The summed E-state index contributed by atoms with van der Waals surface area (Å²) >= 11 is 0. The molecule has 1 aromatic rings. The summed E-state index contributed by atoms with van der Waals surface area (Å²) in [5, 5.41) is 4.10. The zero-order valence-electron chi connectivity index (χ0n) is 11.8. The van der Waals surface area contributed by atoms with Crippen LogP contribution in [0.5, 0.6) is 0 Å². The Morgan fingerprint density at radius 3 is 2.85 bits per heavy atom. The summed E-state index contributed by atoms with van der Waals surface area (Å²) in [7, 11) is 0. The van der Waals surface area contributed by atoms with E-state index in [1.165, 1.54) is 6.42 Å². The van der Waals surface area contributed by atoms with Crippen LogP contribution in [-0.4, -0.2) is 35.2 Å². The molecule has 0 unspecified atom stereocenters. The molecule has 1 saturated heterocycles. The average Bonchev–Trinajstić information content (AvgIpc) is 2.98. The van der Waals surface area contributed by atoms with Gasteiger partial charge in [0.05, 0.1) is 5.71 Å². The lowest BCUT2D eigenvalue weighted by Gasteiger charge is -2.34. The van der Waals surface area contributed by atoms with Gasteiger partial charge in [0.1, 0.15) is 0 Å². The van der Waals surface area contributed by atoms with Crippen molar-refractivity contribution in [2.45, 2.75) is 44.8 Å². The predicted molar refractivity (Wildman–Crippen MR) is 77.5 cm³/mol. The van der Waals surface area contributed by atoms with Crippen LogP contribution in [0.25, 0.3) is 0 Å². The van der Waals surface area contributed by atoms with Gasteiger partial charge in [-0.2, -0.15) is 0 Å². The van der Waals surface area contributed by atoms with Crippen molar-refractivity contribution in [3.63, 3.8) is 0 Å². The monoisotopic (exact) mass is 272 g/mol. The highest BCUT2D eigenvalue weighted by molar-refractivity contribution is 6.04. The molecule has 0 spiro atoms. The van der Waals surface area contributed by atoms with Crippen LogP contribution in [0, 0.1) is 0 Å².